The molecule has 0 spiro atoms. The molecule has 0 aromatic heterocycles. The zero-order valence-electron chi connectivity index (χ0n) is 10.4. The van der Waals surface area contributed by atoms with E-state index in [1.807, 2.05) is 0 Å². The third-order valence-electron chi connectivity index (χ3n) is 2.20. The van der Waals surface area contributed by atoms with Gasteiger partial charge < -0.3 is 14.6 Å². The highest BCUT2D eigenvalue weighted by Gasteiger charge is 2.02. The number of carboxylic acid groups (broad SMARTS) is 1. The van der Waals surface area contributed by atoms with Crippen molar-refractivity contribution in [1.29, 1.82) is 0 Å². The number of carboxylic acids is 1. The van der Waals surface area contributed by atoms with E-state index in [0.717, 1.165) is 19.3 Å². The quantitative estimate of drug-likeness (QED) is 0.446. The SMILES string of the molecule is CCCCCCCC(=O)OCCOCC(=O)O. The van der Waals surface area contributed by atoms with E-state index in [1.54, 1.807) is 0 Å². The molecule has 17 heavy (non-hydrogen) atoms. The molecule has 0 aromatic rings. The van der Waals surface area contributed by atoms with E-state index < -0.39 is 5.97 Å². The fourth-order valence-electron chi connectivity index (χ4n) is 1.32. The summed E-state index contributed by atoms with van der Waals surface area (Å²) in [6, 6.07) is 0. The van der Waals surface area contributed by atoms with E-state index >= 15 is 0 Å². The van der Waals surface area contributed by atoms with Crippen molar-refractivity contribution in [3.05, 3.63) is 0 Å². The number of rotatable bonds is 11. The van der Waals surface area contributed by atoms with Crippen LogP contribution in [-0.4, -0.2) is 36.9 Å². The van der Waals surface area contributed by atoms with Crippen LogP contribution in [0.1, 0.15) is 45.4 Å². The van der Waals surface area contributed by atoms with E-state index in [4.69, 9.17) is 14.6 Å². The Morgan fingerprint density at radius 1 is 1.06 bits per heavy atom. The van der Waals surface area contributed by atoms with Gasteiger partial charge in [-0.2, -0.15) is 0 Å². The molecule has 100 valence electrons. The van der Waals surface area contributed by atoms with Crippen molar-refractivity contribution in [2.24, 2.45) is 0 Å². The first-order valence-corrected chi connectivity index (χ1v) is 6.12. The second kappa shape index (κ2) is 11.4. The topological polar surface area (TPSA) is 72.8 Å². The molecule has 0 aliphatic carbocycles. The van der Waals surface area contributed by atoms with Crippen molar-refractivity contribution < 1.29 is 24.2 Å². The lowest BCUT2D eigenvalue weighted by Crippen LogP contribution is -2.14. The van der Waals surface area contributed by atoms with E-state index in [2.05, 4.69) is 6.92 Å². The van der Waals surface area contributed by atoms with Gasteiger partial charge in [-0.25, -0.2) is 4.79 Å². The van der Waals surface area contributed by atoms with Crippen LogP contribution in [0.3, 0.4) is 0 Å². The van der Waals surface area contributed by atoms with E-state index in [0.29, 0.717) is 6.42 Å². The highest BCUT2D eigenvalue weighted by molar-refractivity contribution is 5.69. The van der Waals surface area contributed by atoms with Gasteiger partial charge in [0.2, 0.25) is 0 Å². The molecule has 0 amide bonds. The Bertz CT molecular complexity index is 215. The monoisotopic (exact) mass is 246 g/mol. The summed E-state index contributed by atoms with van der Waals surface area (Å²) in [6.07, 6.45) is 5.89. The van der Waals surface area contributed by atoms with Crippen molar-refractivity contribution in [2.75, 3.05) is 19.8 Å². The van der Waals surface area contributed by atoms with Crippen molar-refractivity contribution >= 4 is 11.9 Å². The fraction of sp³-hybridized carbons (Fsp3) is 0.833. The first-order valence-electron chi connectivity index (χ1n) is 6.12. The van der Waals surface area contributed by atoms with Gasteiger partial charge in [0.05, 0.1) is 6.61 Å². The van der Waals surface area contributed by atoms with Crippen LogP contribution in [0.5, 0.6) is 0 Å². The molecule has 0 bridgehead atoms. The lowest BCUT2D eigenvalue weighted by atomic mass is 10.1. The number of carbonyl (C=O) groups is 2. The summed E-state index contributed by atoms with van der Waals surface area (Å²) in [5.74, 6) is -1.26. The minimum absolute atomic E-state index is 0.126. The predicted molar refractivity (Wildman–Crippen MR) is 62.8 cm³/mol. The van der Waals surface area contributed by atoms with Gasteiger partial charge in [-0.1, -0.05) is 32.6 Å². The summed E-state index contributed by atoms with van der Waals surface area (Å²) < 4.78 is 9.60. The van der Waals surface area contributed by atoms with Gasteiger partial charge >= 0.3 is 11.9 Å². The van der Waals surface area contributed by atoms with Crippen LogP contribution < -0.4 is 0 Å². The number of ether oxygens (including phenoxy) is 2. The van der Waals surface area contributed by atoms with Gasteiger partial charge in [0.1, 0.15) is 13.2 Å². The summed E-state index contributed by atoms with van der Waals surface area (Å²) in [5.41, 5.74) is 0. The molecule has 5 nitrogen and oxygen atoms in total. The smallest absolute Gasteiger partial charge is 0.329 e. The van der Waals surface area contributed by atoms with E-state index in [9.17, 15) is 9.59 Å². The first kappa shape index (κ1) is 15.9. The molecule has 0 radical (unpaired) electrons. The lowest BCUT2D eigenvalue weighted by Gasteiger charge is -2.04. The summed E-state index contributed by atoms with van der Waals surface area (Å²) >= 11 is 0. The summed E-state index contributed by atoms with van der Waals surface area (Å²) in [5, 5.41) is 8.28. The van der Waals surface area contributed by atoms with Crippen LogP contribution in [0.4, 0.5) is 0 Å². The van der Waals surface area contributed by atoms with Crippen molar-refractivity contribution in [3.8, 4) is 0 Å². The Kier molecular flexibility index (Phi) is 10.7. The Hall–Kier alpha value is -1.10. The Morgan fingerprint density at radius 2 is 1.76 bits per heavy atom. The van der Waals surface area contributed by atoms with Crippen LogP contribution >= 0.6 is 0 Å². The van der Waals surface area contributed by atoms with Crippen molar-refractivity contribution in [3.63, 3.8) is 0 Å². The average molecular weight is 246 g/mol. The Labute approximate surface area is 102 Å². The molecule has 0 aromatic carbocycles. The fourth-order valence-corrected chi connectivity index (χ4v) is 1.32. The van der Waals surface area contributed by atoms with Crippen LogP contribution in [0.2, 0.25) is 0 Å². The second-order valence-corrected chi connectivity index (χ2v) is 3.83. The maximum atomic E-state index is 11.2. The van der Waals surface area contributed by atoms with Crippen LogP contribution in [-0.2, 0) is 19.1 Å². The normalized spacial score (nSPS) is 10.2. The molecule has 0 rings (SSSR count). The van der Waals surface area contributed by atoms with Crippen LogP contribution in [0, 0.1) is 0 Å². The lowest BCUT2D eigenvalue weighted by molar-refractivity contribution is -0.147. The highest BCUT2D eigenvalue weighted by atomic mass is 16.6. The maximum Gasteiger partial charge on any atom is 0.329 e. The van der Waals surface area contributed by atoms with Gasteiger partial charge in [-0.15, -0.1) is 0 Å². The molecule has 0 heterocycles. The molecule has 0 fully saturated rings. The van der Waals surface area contributed by atoms with Gasteiger partial charge in [-0.05, 0) is 6.42 Å². The third-order valence-corrected chi connectivity index (χ3v) is 2.20. The number of hydrogen-bond acceptors (Lipinski definition) is 4. The number of esters is 1. The van der Waals surface area contributed by atoms with Gasteiger partial charge in [0, 0.05) is 6.42 Å². The molecule has 0 saturated heterocycles. The molecular weight excluding hydrogens is 224 g/mol. The maximum absolute atomic E-state index is 11.2. The summed E-state index contributed by atoms with van der Waals surface area (Å²) in [6.45, 7) is 2.05. The van der Waals surface area contributed by atoms with E-state index in [-0.39, 0.29) is 25.8 Å². The zero-order valence-corrected chi connectivity index (χ0v) is 10.4. The third kappa shape index (κ3) is 12.8. The number of unbranched alkanes of at least 4 members (excludes halogenated alkanes) is 4. The molecule has 0 aliphatic heterocycles. The van der Waals surface area contributed by atoms with Crippen molar-refractivity contribution in [2.45, 2.75) is 45.4 Å². The van der Waals surface area contributed by atoms with Crippen LogP contribution in [0.25, 0.3) is 0 Å². The summed E-state index contributed by atoms with van der Waals surface area (Å²) in [4.78, 5) is 21.3. The number of carbonyl (C=O) groups excluding carboxylic acids is 1. The first-order chi connectivity index (χ1) is 8.16. The second-order valence-electron chi connectivity index (χ2n) is 3.83. The molecule has 0 aliphatic rings. The highest BCUT2D eigenvalue weighted by Crippen LogP contribution is 2.05. The molecule has 0 atom stereocenters. The summed E-state index contributed by atoms with van der Waals surface area (Å²) in [7, 11) is 0. The standard InChI is InChI=1S/C12H22O5/c1-2-3-4-5-6-7-12(15)17-9-8-16-10-11(13)14/h2-10H2,1H3,(H,13,14). The molecule has 0 unspecified atom stereocenters. The van der Waals surface area contributed by atoms with Gasteiger partial charge in [-0.3, -0.25) is 4.79 Å². The van der Waals surface area contributed by atoms with Crippen LogP contribution in [0.15, 0.2) is 0 Å². The molecule has 1 N–H and O–H groups in total. The minimum Gasteiger partial charge on any atom is -0.480 e. The number of hydrogen-bond donors (Lipinski definition) is 1. The molecular formula is C12H22O5. The van der Waals surface area contributed by atoms with E-state index in [1.165, 1.54) is 12.8 Å². The Morgan fingerprint density at radius 3 is 2.41 bits per heavy atom. The zero-order chi connectivity index (χ0) is 12.9. The predicted octanol–water partition coefficient (Wildman–Crippen LogP) is 1.99. The van der Waals surface area contributed by atoms with Gasteiger partial charge in [0.25, 0.3) is 0 Å². The van der Waals surface area contributed by atoms with Crippen molar-refractivity contribution in [1.82, 2.24) is 0 Å². The minimum atomic E-state index is -1.02. The average Bonchev–Trinajstić information content (AvgIpc) is 2.28. The molecule has 0 saturated carbocycles. The van der Waals surface area contributed by atoms with Gasteiger partial charge in [0.15, 0.2) is 0 Å². The Balaban J connectivity index is 3.20. The largest absolute Gasteiger partial charge is 0.480 e. The number of aliphatic carboxylic acids is 1. The molecule has 5 heteroatoms.